The molecule has 0 N–H and O–H groups in total. The quantitative estimate of drug-likeness (QED) is 0.398. The van der Waals surface area contributed by atoms with Crippen LogP contribution in [0.4, 0.5) is 4.39 Å². The Labute approximate surface area is 93.7 Å². The highest BCUT2D eigenvalue weighted by molar-refractivity contribution is 5.86. The van der Waals surface area contributed by atoms with E-state index in [0.29, 0.717) is 6.42 Å². The second-order valence-electron chi connectivity index (χ2n) is 3.13. The molecule has 0 heterocycles. The Kier molecular flexibility index (Phi) is 6.83. The Balaban J connectivity index is 4.04. The third-order valence-corrected chi connectivity index (χ3v) is 1.91. The Morgan fingerprint density at radius 3 is 2.62 bits per heavy atom. The molecule has 0 aromatic rings. The maximum absolute atomic E-state index is 12.9. The molecule has 0 aliphatic rings. The smallest absolute Gasteiger partial charge is 0.371 e. The highest BCUT2D eigenvalue weighted by Crippen LogP contribution is 2.10. The molecule has 90 valence electrons. The van der Waals surface area contributed by atoms with E-state index in [2.05, 4.69) is 16.1 Å². The largest absolute Gasteiger partial charge is 0.469 e. The summed E-state index contributed by atoms with van der Waals surface area (Å²) >= 11 is 0. The minimum absolute atomic E-state index is 0.258. The number of rotatable bonds is 6. The molecule has 0 bridgehead atoms. The van der Waals surface area contributed by atoms with Gasteiger partial charge in [0.15, 0.2) is 0 Å². The highest BCUT2D eigenvalue weighted by atomic mass is 19.1. The van der Waals surface area contributed by atoms with Crippen LogP contribution in [0.1, 0.15) is 19.8 Å². The second kappa shape index (κ2) is 7.62. The minimum Gasteiger partial charge on any atom is -0.469 e. The molecule has 4 nitrogen and oxygen atoms in total. The maximum atomic E-state index is 12.9. The summed E-state index contributed by atoms with van der Waals surface area (Å²) in [6.45, 7) is 4.79. The number of ether oxygens (including phenoxy) is 2. The summed E-state index contributed by atoms with van der Waals surface area (Å²) in [6.07, 6.45) is 2.59. The number of hydrogen-bond acceptors (Lipinski definition) is 4. The van der Waals surface area contributed by atoms with Gasteiger partial charge in [-0.25, -0.2) is 4.79 Å². The van der Waals surface area contributed by atoms with Gasteiger partial charge in [0.2, 0.25) is 5.83 Å². The molecule has 0 spiro atoms. The number of halogens is 1. The first-order valence-electron chi connectivity index (χ1n) is 4.78. The lowest BCUT2D eigenvalue weighted by atomic mass is 10.1. The van der Waals surface area contributed by atoms with Crippen LogP contribution in [0.15, 0.2) is 24.7 Å². The summed E-state index contributed by atoms with van der Waals surface area (Å²) in [5.41, 5.74) is 0. The number of carbonyl (C=O) groups is 2. The SMILES string of the molecule is C=COC(=O)/C(F)=C/CC[C@H](C)C(=O)OC. The molecule has 0 fully saturated rings. The molecule has 0 saturated heterocycles. The van der Waals surface area contributed by atoms with Crippen LogP contribution >= 0.6 is 0 Å². The Morgan fingerprint density at radius 1 is 1.50 bits per heavy atom. The molecular weight excluding hydrogens is 215 g/mol. The van der Waals surface area contributed by atoms with E-state index in [0.717, 1.165) is 12.3 Å². The molecule has 0 aliphatic heterocycles. The molecule has 5 heteroatoms. The summed E-state index contributed by atoms with van der Waals surface area (Å²) in [4.78, 5) is 21.8. The Hall–Kier alpha value is -1.65. The average molecular weight is 230 g/mol. The van der Waals surface area contributed by atoms with Crippen LogP contribution in [0.5, 0.6) is 0 Å². The lowest BCUT2D eigenvalue weighted by Gasteiger charge is -2.06. The molecule has 0 amide bonds. The van der Waals surface area contributed by atoms with Crippen molar-refractivity contribution in [3.05, 3.63) is 24.7 Å². The van der Waals surface area contributed by atoms with E-state index < -0.39 is 11.8 Å². The molecule has 0 rings (SSSR count). The van der Waals surface area contributed by atoms with E-state index in [1.165, 1.54) is 7.11 Å². The van der Waals surface area contributed by atoms with Gasteiger partial charge in [-0.2, -0.15) is 4.39 Å². The van der Waals surface area contributed by atoms with Crippen LogP contribution in [-0.2, 0) is 19.1 Å². The van der Waals surface area contributed by atoms with Gasteiger partial charge >= 0.3 is 11.9 Å². The zero-order valence-corrected chi connectivity index (χ0v) is 9.36. The van der Waals surface area contributed by atoms with Gasteiger partial charge in [0.1, 0.15) is 0 Å². The first kappa shape index (κ1) is 14.3. The van der Waals surface area contributed by atoms with Crippen molar-refractivity contribution >= 4 is 11.9 Å². The summed E-state index contributed by atoms with van der Waals surface area (Å²) in [5.74, 6) is -2.76. The van der Waals surface area contributed by atoms with Crippen LogP contribution in [-0.4, -0.2) is 19.0 Å². The fourth-order valence-electron chi connectivity index (χ4n) is 0.994. The number of allylic oxidation sites excluding steroid dienone is 1. The molecule has 1 atom stereocenters. The molecule has 0 unspecified atom stereocenters. The Morgan fingerprint density at radius 2 is 2.12 bits per heavy atom. The van der Waals surface area contributed by atoms with Crippen LogP contribution in [0.3, 0.4) is 0 Å². The van der Waals surface area contributed by atoms with Gasteiger partial charge in [0.05, 0.1) is 19.3 Å². The molecular formula is C11H15FO4. The highest BCUT2D eigenvalue weighted by Gasteiger charge is 2.13. The molecule has 16 heavy (non-hydrogen) atoms. The monoisotopic (exact) mass is 230 g/mol. The lowest BCUT2D eigenvalue weighted by Crippen LogP contribution is -2.12. The normalized spacial score (nSPS) is 12.8. The van der Waals surface area contributed by atoms with Crippen molar-refractivity contribution in [1.29, 1.82) is 0 Å². The maximum Gasteiger partial charge on any atom is 0.371 e. The first-order chi connectivity index (χ1) is 7.52. The number of esters is 2. The average Bonchev–Trinajstić information content (AvgIpc) is 2.27. The van der Waals surface area contributed by atoms with Gasteiger partial charge in [-0.3, -0.25) is 4.79 Å². The molecule has 0 saturated carbocycles. The number of methoxy groups -OCH3 is 1. The predicted molar refractivity (Wildman–Crippen MR) is 55.9 cm³/mol. The third-order valence-electron chi connectivity index (χ3n) is 1.91. The topological polar surface area (TPSA) is 52.6 Å². The van der Waals surface area contributed by atoms with Gasteiger partial charge in [-0.05, 0) is 18.9 Å². The number of hydrogen-bond donors (Lipinski definition) is 0. The van der Waals surface area contributed by atoms with Crippen LogP contribution in [0, 0.1) is 5.92 Å². The zero-order valence-electron chi connectivity index (χ0n) is 9.36. The van der Waals surface area contributed by atoms with Gasteiger partial charge in [-0.1, -0.05) is 13.5 Å². The summed E-state index contributed by atoms with van der Waals surface area (Å²) < 4.78 is 21.7. The molecule has 0 aromatic carbocycles. The summed E-state index contributed by atoms with van der Waals surface area (Å²) in [5, 5.41) is 0. The van der Waals surface area contributed by atoms with Gasteiger partial charge < -0.3 is 9.47 Å². The van der Waals surface area contributed by atoms with Crippen LogP contribution < -0.4 is 0 Å². The Bertz CT molecular complexity index is 296. The van der Waals surface area contributed by atoms with Crippen molar-refractivity contribution in [3.8, 4) is 0 Å². The summed E-state index contributed by atoms with van der Waals surface area (Å²) in [7, 11) is 1.29. The lowest BCUT2D eigenvalue weighted by molar-refractivity contribution is -0.145. The van der Waals surface area contributed by atoms with Crippen molar-refractivity contribution in [2.24, 2.45) is 5.92 Å². The van der Waals surface area contributed by atoms with Crippen molar-refractivity contribution in [2.45, 2.75) is 19.8 Å². The van der Waals surface area contributed by atoms with E-state index in [1.54, 1.807) is 6.92 Å². The molecule has 0 aliphatic carbocycles. The standard InChI is InChI=1S/C11H15FO4/c1-4-16-11(14)9(12)7-5-6-8(2)10(13)15-3/h4,7-8H,1,5-6H2,2-3H3/b9-7-/t8-/m0/s1. The first-order valence-corrected chi connectivity index (χ1v) is 4.78. The van der Waals surface area contributed by atoms with E-state index >= 15 is 0 Å². The number of carbonyl (C=O) groups excluding carboxylic acids is 2. The van der Waals surface area contributed by atoms with E-state index in [4.69, 9.17) is 0 Å². The zero-order chi connectivity index (χ0) is 12.6. The fraction of sp³-hybridized carbons (Fsp3) is 0.455. The van der Waals surface area contributed by atoms with Gasteiger partial charge in [0.25, 0.3) is 0 Å². The second-order valence-corrected chi connectivity index (χ2v) is 3.13. The van der Waals surface area contributed by atoms with E-state index in [-0.39, 0.29) is 18.3 Å². The van der Waals surface area contributed by atoms with Crippen molar-refractivity contribution in [2.75, 3.05) is 7.11 Å². The van der Waals surface area contributed by atoms with Gasteiger partial charge in [-0.15, -0.1) is 0 Å². The molecule has 0 radical (unpaired) electrons. The summed E-state index contributed by atoms with van der Waals surface area (Å²) in [6, 6.07) is 0. The van der Waals surface area contributed by atoms with Crippen LogP contribution in [0.2, 0.25) is 0 Å². The third kappa shape index (κ3) is 5.29. The van der Waals surface area contributed by atoms with Crippen molar-refractivity contribution in [3.63, 3.8) is 0 Å². The minimum atomic E-state index is -1.08. The van der Waals surface area contributed by atoms with Crippen molar-refractivity contribution in [1.82, 2.24) is 0 Å². The predicted octanol–water partition coefficient (Wildman–Crippen LogP) is 2.12. The van der Waals surface area contributed by atoms with Crippen molar-refractivity contribution < 1.29 is 23.5 Å². The van der Waals surface area contributed by atoms with Crippen LogP contribution in [0.25, 0.3) is 0 Å². The van der Waals surface area contributed by atoms with E-state index in [1.807, 2.05) is 0 Å². The van der Waals surface area contributed by atoms with Gasteiger partial charge in [0, 0.05) is 0 Å². The van der Waals surface area contributed by atoms with E-state index in [9.17, 15) is 14.0 Å². The molecule has 0 aromatic heterocycles. The fourth-order valence-corrected chi connectivity index (χ4v) is 0.994.